The normalized spacial score (nSPS) is 12.7. The summed E-state index contributed by atoms with van der Waals surface area (Å²) in [5.74, 6) is -0.0510. The van der Waals surface area contributed by atoms with Crippen LogP contribution in [0.25, 0.3) is 0 Å². The molecule has 2 nitrogen and oxygen atoms in total. The van der Waals surface area contributed by atoms with Crippen LogP contribution in [0.2, 0.25) is 5.02 Å². The first-order chi connectivity index (χ1) is 8.54. The number of rotatable bonds is 5. The Hall–Kier alpha value is -0.990. The van der Waals surface area contributed by atoms with Crippen LogP contribution in [0.1, 0.15) is 19.4 Å². The molecule has 1 amide bonds. The predicted octanol–water partition coefficient (Wildman–Crippen LogP) is 3.87. The zero-order valence-electron chi connectivity index (χ0n) is 10.6. The molecule has 0 saturated carbocycles. The van der Waals surface area contributed by atoms with Gasteiger partial charge >= 0.3 is 0 Å². The third-order valence-electron chi connectivity index (χ3n) is 2.52. The number of halogens is 2. The van der Waals surface area contributed by atoms with E-state index < -0.39 is 0 Å². The molecule has 1 atom stereocenters. The molecule has 0 fully saturated rings. The lowest BCUT2D eigenvalue weighted by atomic mass is 10.2. The van der Waals surface area contributed by atoms with Crippen molar-refractivity contribution in [3.8, 4) is 0 Å². The first-order valence-electron chi connectivity index (χ1n) is 5.89. The van der Waals surface area contributed by atoms with Crippen LogP contribution in [0.3, 0.4) is 0 Å². The summed E-state index contributed by atoms with van der Waals surface area (Å²) in [4.78, 5) is 13.7. The van der Waals surface area contributed by atoms with Crippen LogP contribution in [0.5, 0.6) is 0 Å². The van der Waals surface area contributed by atoms with Gasteiger partial charge in [-0.05, 0) is 25.5 Å². The molecular weight excluding hydrogens is 269 g/mol. The first-order valence-corrected chi connectivity index (χ1v) is 6.70. The summed E-state index contributed by atoms with van der Waals surface area (Å²) < 4.78 is 0. The molecule has 0 radical (unpaired) electrons. The molecule has 0 heterocycles. The molecule has 1 rings (SSSR count). The fraction of sp³-hybridized carbons (Fsp3) is 0.357. The third-order valence-corrected chi connectivity index (χ3v) is 3.03. The number of likely N-dealkylation sites (N-methyl/N-ethyl adjacent to an activating group) is 1. The number of carbonyl (C=O) groups excluding carboxylic acids is 1. The molecule has 0 saturated heterocycles. The highest BCUT2D eigenvalue weighted by molar-refractivity contribution is 6.31. The highest BCUT2D eigenvalue weighted by Gasteiger charge is 2.10. The molecule has 1 unspecified atom stereocenters. The lowest BCUT2D eigenvalue weighted by Crippen LogP contribution is -2.28. The van der Waals surface area contributed by atoms with Crippen LogP contribution >= 0.6 is 23.2 Å². The third kappa shape index (κ3) is 4.71. The summed E-state index contributed by atoms with van der Waals surface area (Å²) in [5.41, 5.74) is 0.946. The van der Waals surface area contributed by atoms with Gasteiger partial charge in [-0.15, -0.1) is 11.6 Å². The van der Waals surface area contributed by atoms with Gasteiger partial charge < -0.3 is 4.90 Å². The Balaban J connectivity index is 2.73. The monoisotopic (exact) mass is 285 g/mol. The minimum absolute atomic E-state index is 0.0510. The minimum Gasteiger partial charge on any atom is -0.335 e. The second-order valence-electron chi connectivity index (χ2n) is 3.98. The molecule has 4 heteroatoms. The van der Waals surface area contributed by atoms with Crippen molar-refractivity contribution in [1.29, 1.82) is 0 Å². The van der Waals surface area contributed by atoms with E-state index in [-0.39, 0.29) is 11.3 Å². The van der Waals surface area contributed by atoms with E-state index in [9.17, 15) is 4.79 Å². The van der Waals surface area contributed by atoms with Crippen LogP contribution < -0.4 is 0 Å². The molecular formula is C14H17Cl2NO. The second-order valence-corrected chi connectivity index (χ2v) is 5.08. The van der Waals surface area contributed by atoms with Crippen molar-refractivity contribution in [2.75, 3.05) is 6.54 Å². The average Bonchev–Trinajstić information content (AvgIpc) is 2.35. The Morgan fingerprint density at radius 3 is 2.67 bits per heavy atom. The van der Waals surface area contributed by atoms with E-state index in [0.717, 1.165) is 5.56 Å². The van der Waals surface area contributed by atoms with E-state index in [2.05, 4.69) is 0 Å². The number of hydrogen-bond acceptors (Lipinski definition) is 1. The Morgan fingerprint density at radius 2 is 2.11 bits per heavy atom. The molecule has 1 aromatic rings. The van der Waals surface area contributed by atoms with E-state index in [1.165, 1.54) is 6.08 Å². The summed E-state index contributed by atoms with van der Waals surface area (Å²) in [7, 11) is 0. The largest absolute Gasteiger partial charge is 0.335 e. The minimum atomic E-state index is -0.145. The first kappa shape index (κ1) is 15.1. The van der Waals surface area contributed by atoms with Gasteiger partial charge in [0.25, 0.3) is 0 Å². The Morgan fingerprint density at radius 1 is 1.44 bits per heavy atom. The number of hydrogen-bond donors (Lipinski definition) is 0. The number of alkyl halides is 1. The summed E-state index contributed by atoms with van der Waals surface area (Å²) in [6.07, 6.45) is 3.19. The Labute approximate surface area is 118 Å². The SMILES string of the molecule is CCN(Cc1ccccc1Cl)C(=O)/C=C/C(C)Cl. The molecule has 0 bridgehead atoms. The van der Waals surface area contributed by atoms with Crippen molar-refractivity contribution in [3.63, 3.8) is 0 Å². The topological polar surface area (TPSA) is 20.3 Å². The molecule has 98 valence electrons. The number of carbonyl (C=O) groups is 1. The van der Waals surface area contributed by atoms with Crippen molar-refractivity contribution in [1.82, 2.24) is 4.90 Å². The van der Waals surface area contributed by atoms with Crippen molar-refractivity contribution in [2.45, 2.75) is 25.8 Å². The molecule has 0 N–H and O–H groups in total. The van der Waals surface area contributed by atoms with Crippen molar-refractivity contribution in [3.05, 3.63) is 47.0 Å². The Bertz CT molecular complexity index is 430. The van der Waals surface area contributed by atoms with Gasteiger partial charge in [-0.25, -0.2) is 0 Å². The molecule has 0 aliphatic carbocycles. The van der Waals surface area contributed by atoms with Gasteiger partial charge in [0.15, 0.2) is 0 Å². The molecule has 0 aliphatic rings. The fourth-order valence-corrected chi connectivity index (χ4v) is 1.77. The maximum Gasteiger partial charge on any atom is 0.246 e. The zero-order chi connectivity index (χ0) is 13.5. The average molecular weight is 286 g/mol. The standard InChI is InChI=1S/C14H17Cl2NO/c1-3-17(14(18)9-8-11(2)15)10-12-6-4-5-7-13(12)16/h4-9,11H,3,10H2,1-2H3/b9-8+. The van der Waals surface area contributed by atoms with Gasteiger partial charge in [0.05, 0.1) is 0 Å². The van der Waals surface area contributed by atoms with Crippen molar-refractivity contribution < 1.29 is 4.79 Å². The summed E-state index contributed by atoms with van der Waals surface area (Å²) in [5, 5.41) is 0.534. The van der Waals surface area contributed by atoms with Crippen LogP contribution in [0.4, 0.5) is 0 Å². The van der Waals surface area contributed by atoms with Gasteiger partial charge in [-0.3, -0.25) is 4.79 Å². The van der Waals surface area contributed by atoms with Crippen molar-refractivity contribution in [2.24, 2.45) is 0 Å². The fourth-order valence-electron chi connectivity index (χ4n) is 1.50. The van der Waals surface area contributed by atoms with E-state index in [1.807, 2.05) is 38.1 Å². The van der Waals surface area contributed by atoms with Crippen LogP contribution in [0, 0.1) is 0 Å². The summed E-state index contributed by atoms with van der Waals surface area (Å²) >= 11 is 11.9. The smallest absolute Gasteiger partial charge is 0.246 e. The lowest BCUT2D eigenvalue weighted by molar-refractivity contribution is -0.126. The van der Waals surface area contributed by atoms with Crippen LogP contribution in [0.15, 0.2) is 36.4 Å². The van der Waals surface area contributed by atoms with E-state index >= 15 is 0 Å². The molecule has 0 aromatic heterocycles. The van der Waals surface area contributed by atoms with Crippen molar-refractivity contribution >= 4 is 29.1 Å². The zero-order valence-corrected chi connectivity index (χ0v) is 12.1. The van der Waals surface area contributed by atoms with Gasteiger partial charge in [-0.1, -0.05) is 35.9 Å². The molecule has 0 spiro atoms. The van der Waals surface area contributed by atoms with E-state index in [0.29, 0.717) is 18.1 Å². The quantitative estimate of drug-likeness (QED) is 0.594. The predicted molar refractivity (Wildman–Crippen MR) is 77.0 cm³/mol. The summed E-state index contributed by atoms with van der Waals surface area (Å²) in [6.45, 7) is 4.89. The maximum atomic E-state index is 11.9. The summed E-state index contributed by atoms with van der Waals surface area (Å²) in [6, 6.07) is 7.53. The maximum absolute atomic E-state index is 11.9. The number of benzene rings is 1. The lowest BCUT2D eigenvalue weighted by Gasteiger charge is -2.20. The molecule has 1 aromatic carbocycles. The second kappa shape index (κ2) is 7.45. The Kier molecular flexibility index (Phi) is 6.23. The highest BCUT2D eigenvalue weighted by atomic mass is 35.5. The number of allylic oxidation sites excluding steroid dienone is 1. The van der Waals surface area contributed by atoms with Crippen LogP contribution in [-0.4, -0.2) is 22.7 Å². The highest BCUT2D eigenvalue weighted by Crippen LogP contribution is 2.17. The molecule has 0 aliphatic heterocycles. The van der Waals surface area contributed by atoms with E-state index in [4.69, 9.17) is 23.2 Å². The van der Waals surface area contributed by atoms with E-state index in [1.54, 1.807) is 11.0 Å². The van der Waals surface area contributed by atoms with Crippen LogP contribution in [-0.2, 0) is 11.3 Å². The number of nitrogens with zero attached hydrogens (tertiary/aromatic N) is 1. The van der Waals surface area contributed by atoms with Gasteiger partial charge in [0.1, 0.15) is 0 Å². The van der Waals surface area contributed by atoms with Gasteiger partial charge in [0.2, 0.25) is 5.91 Å². The van der Waals surface area contributed by atoms with Gasteiger partial charge in [-0.2, -0.15) is 0 Å². The number of amides is 1. The molecule has 18 heavy (non-hydrogen) atoms. The van der Waals surface area contributed by atoms with Gasteiger partial charge in [0, 0.05) is 29.6 Å².